The van der Waals surface area contributed by atoms with Gasteiger partial charge in [-0.3, -0.25) is 18.9 Å². The number of hydrogen-bond donors (Lipinski definition) is 0. The fourth-order valence-corrected chi connectivity index (χ4v) is 5.90. The molecule has 7 nitrogen and oxygen atoms in total. The van der Waals surface area contributed by atoms with Gasteiger partial charge < -0.3 is 9.80 Å². The molecular formula is C26H26FN5O2S2. The number of aromatic nitrogens is 2. The van der Waals surface area contributed by atoms with Gasteiger partial charge >= 0.3 is 0 Å². The van der Waals surface area contributed by atoms with Gasteiger partial charge in [-0.2, -0.15) is 0 Å². The van der Waals surface area contributed by atoms with Gasteiger partial charge in [0.1, 0.15) is 21.6 Å². The largest absolute Gasteiger partial charge is 0.368 e. The van der Waals surface area contributed by atoms with Crippen molar-refractivity contribution in [2.45, 2.75) is 26.3 Å². The average Bonchev–Trinajstić information content (AvgIpc) is 3.18. The van der Waals surface area contributed by atoms with E-state index in [1.165, 1.54) is 28.3 Å². The number of amides is 1. The summed E-state index contributed by atoms with van der Waals surface area (Å²) in [6.45, 7) is 6.61. The summed E-state index contributed by atoms with van der Waals surface area (Å²) in [5, 5.41) is 0. The molecule has 4 heterocycles. The van der Waals surface area contributed by atoms with Gasteiger partial charge in [0.15, 0.2) is 0 Å². The maximum atomic E-state index is 13.6. The van der Waals surface area contributed by atoms with E-state index >= 15 is 0 Å². The summed E-state index contributed by atoms with van der Waals surface area (Å²) in [6.07, 6.45) is 4.12. The molecule has 2 aliphatic rings. The van der Waals surface area contributed by atoms with Gasteiger partial charge in [0, 0.05) is 44.1 Å². The van der Waals surface area contributed by atoms with Crippen LogP contribution in [-0.2, 0) is 4.79 Å². The highest BCUT2D eigenvalue weighted by Crippen LogP contribution is 2.35. The zero-order valence-electron chi connectivity index (χ0n) is 20.1. The summed E-state index contributed by atoms with van der Waals surface area (Å²) in [4.78, 5) is 37.9. The molecule has 2 aromatic heterocycles. The zero-order chi connectivity index (χ0) is 25.4. The van der Waals surface area contributed by atoms with Crippen LogP contribution in [-0.4, -0.2) is 56.7 Å². The van der Waals surface area contributed by atoms with Crippen molar-refractivity contribution < 1.29 is 9.18 Å². The van der Waals surface area contributed by atoms with Gasteiger partial charge in [-0.05, 0) is 55.8 Å². The van der Waals surface area contributed by atoms with Crippen molar-refractivity contribution in [1.29, 1.82) is 0 Å². The molecule has 0 spiro atoms. The van der Waals surface area contributed by atoms with Crippen LogP contribution in [0, 0.1) is 5.82 Å². The Labute approximate surface area is 218 Å². The molecular weight excluding hydrogens is 497 g/mol. The number of carbonyl (C=O) groups is 1. The Bertz CT molecular complexity index is 1410. The van der Waals surface area contributed by atoms with E-state index in [0.29, 0.717) is 52.4 Å². The maximum Gasteiger partial charge on any atom is 0.267 e. The van der Waals surface area contributed by atoms with Crippen molar-refractivity contribution in [2.24, 2.45) is 0 Å². The van der Waals surface area contributed by atoms with Gasteiger partial charge in [0.2, 0.25) is 0 Å². The first-order valence-electron chi connectivity index (χ1n) is 11.9. The highest BCUT2D eigenvalue weighted by Gasteiger charge is 2.35. The Morgan fingerprint density at radius 2 is 1.78 bits per heavy atom. The van der Waals surface area contributed by atoms with E-state index in [2.05, 4.69) is 9.80 Å². The molecule has 3 aromatic rings. The molecule has 2 saturated heterocycles. The van der Waals surface area contributed by atoms with Crippen LogP contribution in [0.15, 0.2) is 58.4 Å². The second-order valence-corrected chi connectivity index (χ2v) is 10.5. The third-order valence-corrected chi connectivity index (χ3v) is 7.98. The Morgan fingerprint density at radius 3 is 2.47 bits per heavy atom. The average molecular weight is 524 g/mol. The predicted molar refractivity (Wildman–Crippen MR) is 147 cm³/mol. The first kappa shape index (κ1) is 24.5. The van der Waals surface area contributed by atoms with Crippen LogP contribution in [0.25, 0.3) is 11.7 Å². The minimum Gasteiger partial charge on any atom is -0.368 e. The van der Waals surface area contributed by atoms with Crippen molar-refractivity contribution in [3.63, 3.8) is 0 Å². The number of thiocarbonyl (C=S) groups is 1. The lowest BCUT2D eigenvalue weighted by atomic mass is 10.2. The lowest BCUT2D eigenvalue weighted by Crippen LogP contribution is -2.47. The van der Waals surface area contributed by atoms with Crippen molar-refractivity contribution in [1.82, 2.24) is 14.3 Å². The van der Waals surface area contributed by atoms with Gasteiger partial charge in [-0.25, -0.2) is 9.37 Å². The first-order chi connectivity index (χ1) is 17.4. The molecule has 10 heteroatoms. The number of piperazine rings is 1. The molecule has 0 bridgehead atoms. The molecule has 0 saturated carbocycles. The Kier molecular flexibility index (Phi) is 6.81. The van der Waals surface area contributed by atoms with Crippen molar-refractivity contribution in [2.75, 3.05) is 36.0 Å². The van der Waals surface area contributed by atoms with Gasteiger partial charge in [-0.1, -0.05) is 37.0 Å². The summed E-state index contributed by atoms with van der Waals surface area (Å²) in [6, 6.07) is 11.9. The third-order valence-electron chi connectivity index (χ3n) is 6.65. The van der Waals surface area contributed by atoms with Crippen molar-refractivity contribution >= 4 is 57.4 Å². The second-order valence-electron chi connectivity index (χ2n) is 8.84. The molecule has 0 aliphatic carbocycles. The third kappa shape index (κ3) is 4.51. The lowest BCUT2D eigenvalue weighted by molar-refractivity contribution is -0.123. The van der Waals surface area contributed by atoms with Gasteiger partial charge in [-0.15, -0.1) is 0 Å². The molecule has 1 unspecified atom stereocenters. The Morgan fingerprint density at radius 1 is 1.08 bits per heavy atom. The van der Waals surface area contributed by atoms with Crippen LogP contribution in [0.1, 0.15) is 25.8 Å². The molecule has 1 atom stereocenters. The zero-order valence-corrected chi connectivity index (χ0v) is 21.7. The minimum atomic E-state index is -0.262. The second kappa shape index (κ2) is 10.0. The number of pyridine rings is 1. The molecule has 186 valence electrons. The lowest BCUT2D eigenvalue weighted by Gasteiger charge is -2.37. The monoisotopic (exact) mass is 523 g/mol. The summed E-state index contributed by atoms with van der Waals surface area (Å²) < 4.78 is 15.3. The number of thioether (sulfide) groups is 1. The summed E-state index contributed by atoms with van der Waals surface area (Å²) >= 11 is 6.70. The number of benzene rings is 1. The fourth-order valence-electron chi connectivity index (χ4n) is 4.46. The number of nitrogens with zero attached hydrogens (tertiary/aromatic N) is 5. The van der Waals surface area contributed by atoms with Gasteiger partial charge in [0.05, 0.1) is 10.5 Å². The minimum absolute atomic E-state index is 0.0155. The van der Waals surface area contributed by atoms with E-state index in [4.69, 9.17) is 17.2 Å². The maximum absolute atomic E-state index is 13.6. The fraction of sp³-hybridized carbons (Fsp3) is 0.308. The quantitative estimate of drug-likeness (QED) is 0.368. The van der Waals surface area contributed by atoms with E-state index < -0.39 is 0 Å². The standard InChI is InChI=1S/C26H26FN5O2S2/c1-3-17(2)32-25(34)21(36-26(32)35)16-20-23(28-22-6-4-5-11-31(22)24(20)33)30-14-12-29(13-15-30)19-9-7-18(27)8-10-19/h4-11,16-17H,3,12-15H2,1-2H3/b21-16-. The van der Waals surface area contributed by atoms with Crippen LogP contribution >= 0.6 is 24.0 Å². The van der Waals surface area contributed by atoms with E-state index in [-0.39, 0.29) is 23.3 Å². The van der Waals surface area contributed by atoms with E-state index in [1.807, 2.05) is 19.9 Å². The molecule has 5 rings (SSSR count). The normalized spacial score (nSPS) is 18.5. The predicted octanol–water partition coefficient (Wildman–Crippen LogP) is 4.16. The highest BCUT2D eigenvalue weighted by atomic mass is 32.2. The molecule has 1 aromatic carbocycles. The molecule has 36 heavy (non-hydrogen) atoms. The number of hydrogen-bond acceptors (Lipinski definition) is 7. The van der Waals surface area contributed by atoms with Crippen molar-refractivity contribution in [3.05, 3.63) is 75.3 Å². The van der Waals surface area contributed by atoms with E-state index in [9.17, 15) is 14.0 Å². The molecule has 1 amide bonds. The molecule has 0 radical (unpaired) electrons. The first-order valence-corrected chi connectivity index (χ1v) is 13.1. The number of halogens is 1. The molecule has 2 aliphatic heterocycles. The summed E-state index contributed by atoms with van der Waals surface area (Å²) in [5.74, 6) is 0.115. The molecule has 2 fully saturated rings. The van der Waals surface area contributed by atoms with Crippen molar-refractivity contribution in [3.8, 4) is 0 Å². The Balaban J connectivity index is 1.51. The molecule has 0 N–H and O–H groups in total. The van der Waals surface area contributed by atoms with Crippen LogP contribution in [0.5, 0.6) is 0 Å². The van der Waals surface area contributed by atoms with Crippen LogP contribution < -0.4 is 15.4 Å². The summed E-state index contributed by atoms with van der Waals surface area (Å²) in [7, 11) is 0. The van der Waals surface area contributed by atoms with E-state index in [0.717, 1.165) is 12.1 Å². The highest BCUT2D eigenvalue weighted by molar-refractivity contribution is 8.26. The number of fused-ring (bicyclic) bond motifs is 1. The summed E-state index contributed by atoms with van der Waals surface area (Å²) in [5.41, 5.74) is 1.64. The van der Waals surface area contributed by atoms with E-state index in [1.54, 1.807) is 41.4 Å². The van der Waals surface area contributed by atoms with Crippen LogP contribution in [0.3, 0.4) is 0 Å². The number of carbonyl (C=O) groups excluding carboxylic acids is 1. The SMILES string of the molecule is CCC(C)N1C(=O)/C(=C/c2c(N3CCN(c4ccc(F)cc4)CC3)nc3ccccn3c2=O)SC1=S. The van der Waals surface area contributed by atoms with Crippen LogP contribution in [0.2, 0.25) is 0 Å². The van der Waals surface area contributed by atoms with Gasteiger partial charge in [0.25, 0.3) is 11.5 Å². The number of rotatable bonds is 5. The Hall–Kier alpha value is -3.24. The number of anilines is 2. The topological polar surface area (TPSA) is 61.2 Å². The van der Waals surface area contributed by atoms with Crippen LogP contribution in [0.4, 0.5) is 15.9 Å². The smallest absolute Gasteiger partial charge is 0.267 e.